The van der Waals surface area contributed by atoms with Crippen LogP contribution in [0.25, 0.3) is 6.08 Å². The zero-order chi connectivity index (χ0) is 22.5. The number of benzene rings is 2. The Morgan fingerprint density at radius 3 is 2.81 bits per heavy atom. The molecule has 2 aromatic carbocycles. The fourth-order valence-electron chi connectivity index (χ4n) is 3.63. The number of methoxy groups -OCH3 is 2. The maximum atomic E-state index is 12.4. The normalized spacial score (nSPS) is 13.7. The highest BCUT2D eigenvalue weighted by Crippen LogP contribution is 2.36. The van der Waals surface area contributed by atoms with Crippen LogP contribution >= 0.6 is 22.9 Å². The summed E-state index contributed by atoms with van der Waals surface area (Å²) in [6.45, 7) is 2.72. The van der Waals surface area contributed by atoms with Gasteiger partial charge in [0.2, 0.25) is 5.91 Å². The first-order valence-electron chi connectivity index (χ1n) is 10.2. The van der Waals surface area contributed by atoms with Crippen molar-refractivity contribution >= 4 is 40.1 Å². The Bertz CT molecular complexity index is 1130. The number of fused-ring (bicyclic) bond motifs is 1. The molecule has 32 heavy (non-hydrogen) atoms. The van der Waals surface area contributed by atoms with E-state index in [9.17, 15) is 4.79 Å². The summed E-state index contributed by atoms with van der Waals surface area (Å²) in [5.74, 6) is 0.723. The molecular formula is C24H24ClN3O3S. The molecule has 0 unspecified atom stereocenters. The van der Waals surface area contributed by atoms with E-state index in [0.717, 1.165) is 37.3 Å². The third-order valence-corrected chi connectivity index (χ3v) is 6.45. The Morgan fingerprint density at radius 2 is 2.06 bits per heavy atom. The van der Waals surface area contributed by atoms with E-state index < -0.39 is 0 Å². The topological polar surface area (TPSA) is 63.7 Å². The van der Waals surface area contributed by atoms with Gasteiger partial charge in [-0.2, -0.15) is 0 Å². The van der Waals surface area contributed by atoms with Crippen molar-refractivity contribution in [3.63, 3.8) is 0 Å². The largest absolute Gasteiger partial charge is 0.493 e. The predicted molar refractivity (Wildman–Crippen MR) is 129 cm³/mol. The molecule has 0 saturated heterocycles. The first-order chi connectivity index (χ1) is 15.6. The highest BCUT2D eigenvalue weighted by atomic mass is 35.5. The first kappa shape index (κ1) is 22.3. The second-order valence-electron chi connectivity index (χ2n) is 7.40. The highest BCUT2D eigenvalue weighted by molar-refractivity contribution is 7.15. The van der Waals surface area contributed by atoms with Gasteiger partial charge in [0.15, 0.2) is 16.6 Å². The third-order valence-electron chi connectivity index (χ3n) is 5.17. The lowest BCUT2D eigenvalue weighted by molar-refractivity contribution is -0.111. The van der Waals surface area contributed by atoms with Crippen molar-refractivity contribution in [2.75, 3.05) is 26.1 Å². The van der Waals surface area contributed by atoms with Gasteiger partial charge in [-0.05, 0) is 29.3 Å². The average molecular weight is 470 g/mol. The SMILES string of the molecule is COc1cc(/C=C/C(=O)Nc2nc3c(s2)CN(Cc2ccccc2)CC3)cc(Cl)c1OC. The third kappa shape index (κ3) is 5.30. The minimum absolute atomic E-state index is 0.247. The molecule has 0 atom stereocenters. The summed E-state index contributed by atoms with van der Waals surface area (Å²) in [5, 5.41) is 3.91. The lowest BCUT2D eigenvalue weighted by Crippen LogP contribution is -2.29. The molecule has 0 radical (unpaired) electrons. The van der Waals surface area contributed by atoms with E-state index in [2.05, 4.69) is 39.5 Å². The van der Waals surface area contributed by atoms with E-state index in [0.29, 0.717) is 21.7 Å². The van der Waals surface area contributed by atoms with Gasteiger partial charge in [0.1, 0.15) is 0 Å². The van der Waals surface area contributed by atoms with Crippen molar-refractivity contribution in [1.29, 1.82) is 0 Å². The number of anilines is 1. The fraction of sp³-hybridized carbons (Fsp3) is 0.250. The zero-order valence-electron chi connectivity index (χ0n) is 17.9. The molecule has 0 saturated carbocycles. The second kappa shape index (κ2) is 10.2. The molecule has 4 rings (SSSR count). The monoisotopic (exact) mass is 469 g/mol. The number of carbonyl (C=O) groups is 1. The van der Waals surface area contributed by atoms with Gasteiger partial charge < -0.3 is 9.47 Å². The van der Waals surface area contributed by atoms with E-state index in [4.69, 9.17) is 21.1 Å². The molecule has 8 heteroatoms. The number of thiazole rings is 1. The van der Waals surface area contributed by atoms with Crippen LogP contribution in [0.2, 0.25) is 5.02 Å². The summed E-state index contributed by atoms with van der Waals surface area (Å²) in [6, 6.07) is 13.9. The van der Waals surface area contributed by atoms with E-state index in [1.165, 1.54) is 35.0 Å². The van der Waals surface area contributed by atoms with E-state index >= 15 is 0 Å². The van der Waals surface area contributed by atoms with Crippen LogP contribution in [0.4, 0.5) is 5.13 Å². The fourth-order valence-corrected chi connectivity index (χ4v) is 4.98. The van der Waals surface area contributed by atoms with Gasteiger partial charge in [0.25, 0.3) is 0 Å². The molecular weight excluding hydrogens is 446 g/mol. The summed E-state index contributed by atoms with van der Waals surface area (Å²) in [4.78, 5) is 20.7. The highest BCUT2D eigenvalue weighted by Gasteiger charge is 2.21. The van der Waals surface area contributed by atoms with Crippen molar-refractivity contribution in [2.45, 2.75) is 19.5 Å². The van der Waals surface area contributed by atoms with Gasteiger partial charge in [0.05, 0.1) is 24.9 Å². The summed E-state index contributed by atoms with van der Waals surface area (Å²) >= 11 is 7.76. The lowest BCUT2D eigenvalue weighted by atomic mass is 10.1. The van der Waals surface area contributed by atoms with Gasteiger partial charge in [-0.3, -0.25) is 15.0 Å². The Kier molecular flexibility index (Phi) is 7.09. The molecule has 1 aromatic heterocycles. The Morgan fingerprint density at radius 1 is 1.25 bits per heavy atom. The van der Waals surface area contributed by atoms with Crippen molar-refractivity contribution in [3.8, 4) is 11.5 Å². The Labute approximate surface area is 196 Å². The van der Waals surface area contributed by atoms with Gasteiger partial charge in [-0.25, -0.2) is 4.98 Å². The number of hydrogen-bond acceptors (Lipinski definition) is 6. The van der Waals surface area contributed by atoms with Gasteiger partial charge in [0, 0.05) is 37.0 Å². The number of ether oxygens (including phenoxy) is 2. The van der Waals surface area contributed by atoms with Crippen molar-refractivity contribution < 1.29 is 14.3 Å². The first-order valence-corrected chi connectivity index (χ1v) is 11.4. The van der Waals surface area contributed by atoms with Crippen LogP contribution in [0.15, 0.2) is 48.5 Å². The van der Waals surface area contributed by atoms with Crippen LogP contribution in [0.1, 0.15) is 21.7 Å². The van der Waals surface area contributed by atoms with Gasteiger partial charge in [-0.1, -0.05) is 41.9 Å². The number of nitrogens with one attached hydrogen (secondary N) is 1. The number of carbonyl (C=O) groups excluding carboxylic acids is 1. The van der Waals surface area contributed by atoms with Crippen LogP contribution in [-0.2, 0) is 24.3 Å². The van der Waals surface area contributed by atoms with Crippen LogP contribution in [0.3, 0.4) is 0 Å². The summed E-state index contributed by atoms with van der Waals surface area (Å²) < 4.78 is 10.5. The zero-order valence-corrected chi connectivity index (χ0v) is 19.5. The molecule has 166 valence electrons. The van der Waals surface area contributed by atoms with E-state index in [1.54, 1.807) is 25.3 Å². The number of aromatic nitrogens is 1. The van der Waals surface area contributed by atoms with E-state index in [1.807, 2.05) is 6.07 Å². The summed E-state index contributed by atoms with van der Waals surface area (Å²) in [7, 11) is 3.07. The molecule has 1 aliphatic rings. The summed E-state index contributed by atoms with van der Waals surface area (Å²) in [6.07, 6.45) is 4.02. The van der Waals surface area contributed by atoms with Crippen LogP contribution in [0, 0.1) is 0 Å². The molecule has 0 aliphatic carbocycles. The lowest BCUT2D eigenvalue weighted by Gasteiger charge is -2.25. The van der Waals surface area contributed by atoms with E-state index in [-0.39, 0.29) is 5.91 Å². The number of hydrogen-bond donors (Lipinski definition) is 1. The van der Waals surface area contributed by atoms with Crippen molar-refractivity contribution in [1.82, 2.24) is 9.88 Å². The molecule has 6 nitrogen and oxygen atoms in total. The maximum Gasteiger partial charge on any atom is 0.250 e. The van der Waals surface area contributed by atoms with Crippen molar-refractivity contribution in [2.24, 2.45) is 0 Å². The number of halogens is 1. The molecule has 0 spiro atoms. The molecule has 1 N–H and O–H groups in total. The number of amides is 1. The van der Waals surface area contributed by atoms with Crippen LogP contribution in [-0.4, -0.2) is 36.6 Å². The van der Waals surface area contributed by atoms with Gasteiger partial charge >= 0.3 is 0 Å². The average Bonchev–Trinajstić information content (AvgIpc) is 3.19. The molecule has 1 aliphatic heterocycles. The molecule has 3 aromatic rings. The summed E-state index contributed by atoms with van der Waals surface area (Å²) in [5.41, 5.74) is 3.11. The quantitative estimate of drug-likeness (QED) is 0.492. The Balaban J connectivity index is 1.38. The molecule has 2 heterocycles. The minimum Gasteiger partial charge on any atom is -0.493 e. The second-order valence-corrected chi connectivity index (χ2v) is 8.89. The van der Waals surface area contributed by atoms with Crippen LogP contribution < -0.4 is 14.8 Å². The number of rotatable bonds is 7. The number of nitrogens with zero attached hydrogens (tertiary/aromatic N) is 2. The Hall–Kier alpha value is -2.87. The minimum atomic E-state index is -0.247. The van der Waals surface area contributed by atoms with Gasteiger partial charge in [-0.15, -0.1) is 11.3 Å². The predicted octanol–water partition coefficient (Wildman–Crippen LogP) is 5.02. The molecule has 0 fully saturated rings. The molecule has 0 bridgehead atoms. The van der Waals surface area contributed by atoms with Crippen molar-refractivity contribution in [3.05, 3.63) is 75.3 Å². The maximum absolute atomic E-state index is 12.4. The molecule has 1 amide bonds. The standard InChI is InChI=1S/C24H24ClN3O3S/c1-30-20-13-17(12-18(25)23(20)31-2)8-9-22(29)27-24-26-19-10-11-28(15-21(19)32-24)14-16-6-4-3-5-7-16/h3-9,12-13H,10-11,14-15H2,1-2H3,(H,26,27,29)/b9-8+. The van der Waals surface area contributed by atoms with Crippen LogP contribution in [0.5, 0.6) is 11.5 Å². The smallest absolute Gasteiger partial charge is 0.250 e.